The van der Waals surface area contributed by atoms with E-state index in [1.807, 2.05) is 18.2 Å². The van der Waals surface area contributed by atoms with Crippen molar-refractivity contribution in [2.75, 3.05) is 20.3 Å². The first-order valence-electron chi connectivity index (χ1n) is 10.1. The van der Waals surface area contributed by atoms with Gasteiger partial charge in [-0.05, 0) is 0 Å². The highest BCUT2D eigenvalue weighted by molar-refractivity contribution is 7.87. The van der Waals surface area contributed by atoms with E-state index in [4.69, 9.17) is 14.2 Å². The SMILES string of the molecule is COCCOc1nccnc1N=P(c1ccccc1)(c1ccccc1)c1ccccc1. The predicted octanol–water partition coefficient (Wildman–Crippen LogP) is 4.31. The third-order valence-corrected chi connectivity index (χ3v) is 8.43. The summed E-state index contributed by atoms with van der Waals surface area (Å²) in [6.45, 7) is 0.845. The lowest BCUT2D eigenvalue weighted by molar-refractivity contribution is 0.144. The van der Waals surface area contributed by atoms with E-state index < -0.39 is 7.05 Å². The van der Waals surface area contributed by atoms with Crippen molar-refractivity contribution >= 4 is 28.8 Å². The minimum absolute atomic E-state index is 0.380. The van der Waals surface area contributed by atoms with Gasteiger partial charge in [-0.25, -0.2) is 14.7 Å². The van der Waals surface area contributed by atoms with Gasteiger partial charge in [0, 0.05) is 35.4 Å². The van der Waals surface area contributed by atoms with Crippen LogP contribution in [-0.2, 0) is 4.74 Å². The van der Waals surface area contributed by atoms with Gasteiger partial charge in [0.25, 0.3) is 5.88 Å². The molecule has 156 valence electrons. The van der Waals surface area contributed by atoms with E-state index in [-0.39, 0.29) is 0 Å². The van der Waals surface area contributed by atoms with Gasteiger partial charge in [0.1, 0.15) is 6.61 Å². The number of nitrogens with zero attached hydrogens (tertiary/aromatic N) is 3. The van der Waals surface area contributed by atoms with Crippen molar-refractivity contribution in [1.29, 1.82) is 0 Å². The molecule has 0 aliphatic heterocycles. The molecule has 0 amide bonds. The fraction of sp³-hybridized carbons (Fsp3) is 0.120. The second-order valence-electron chi connectivity index (χ2n) is 6.77. The highest BCUT2D eigenvalue weighted by Crippen LogP contribution is 2.49. The Morgan fingerprint density at radius 1 is 0.677 bits per heavy atom. The molecule has 0 aliphatic carbocycles. The van der Waals surface area contributed by atoms with Gasteiger partial charge in [-0.2, -0.15) is 0 Å². The van der Waals surface area contributed by atoms with Gasteiger partial charge in [-0.15, -0.1) is 0 Å². The van der Waals surface area contributed by atoms with Gasteiger partial charge in [0.15, 0.2) is 0 Å². The van der Waals surface area contributed by atoms with Gasteiger partial charge >= 0.3 is 0 Å². The summed E-state index contributed by atoms with van der Waals surface area (Å²) in [5, 5.41) is 3.42. The lowest BCUT2D eigenvalue weighted by Gasteiger charge is -2.26. The first-order chi connectivity index (χ1) is 15.3. The summed E-state index contributed by atoms with van der Waals surface area (Å²) in [6.07, 6.45) is 3.27. The average molecular weight is 429 g/mol. The van der Waals surface area contributed by atoms with E-state index >= 15 is 0 Å². The summed E-state index contributed by atoms with van der Waals surface area (Å²) >= 11 is 0. The van der Waals surface area contributed by atoms with Crippen LogP contribution >= 0.6 is 7.05 Å². The Morgan fingerprint density at radius 3 is 1.65 bits per heavy atom. The highest BCUT2D eigenvalue weighted by atomic mass is 31.2. The molecule has 0 aliphatic rings. The van der Waals surface area contributed by atoms with E-state index in [0.717, 1.165) is 15.9 Å². The number of rotatable bonds is 8. The minimum atomic E-state index is -2.43. The molecule has 0 fully saturated rings. The lowest BCUT2D eigenvalue weighted by atomic mass is 10.4. The maximum Gasteiger partial charge on any atom is 0.259 e. The molecule has 0 bridgehead atoms. The summed E-state index contributed by atoms with van der Waals surface area (Å²) in [6, 6.07) is 31.2. The number of hydrogen-bond acceptors (Lipinski definition) is 5. The molecule has 0 saturated heterocycles. The Hall–Kier alpha value is -3.27. The molecule has 3 aromatic carbocycles. The number of hydrogen-bond donors (Lipinski definition) is 0. The van der Waals surface area contributed by atoms with E-state index in [1.165, 1.54) is 0 Å². The normalized spacial score (nSPS) is 11.1. The Balaban J connectivity index is 2.02. The van der Waals surface area contributed by atoms with Crippen molar-refractivity contribution in [2.24, 2.45) is 4.74 Å². The van der Waals surface area contributed by atoms with Crippen molar-refractivity contribution in [2.45, 2.75) is 0 Å². The number of aromatic nitrogens is 2. The maximum atomic E-state index is 5.86. The molecule has 6 heteroatoms. The van der Waals surface area contributed by atoms with Crippen LogP contribution in [0.25, 0.3) is 0 Å². The van der Waals surface area contributed by atoms with Crippen LogP contribution in [0.3, 0.4) is 0 Å². The Labute approximate surface area is 182 Å². The largest absolute Gasteiger partial charge is 0.473 e. The monoisotopic (exact) mass is 429 g/mol. The van der Waals surface area contributed by atoms with Crippen molar-refractivity contribution < 1.29 is 9.47 Å². The second kappa shape index (κ2) is 10.2. The first kappa shape index (κ1) is 21.0. The van der Waals surface area contributed by atoms with Crippen LogP contribution in [0.2, 0.25) is 0 Å². The molecule has 31 heavy (non-hydrogen) atoms. The quantitative estimate of drug-likeness (QED) is 0.309. The van der Waals surface area contributed by atoms with E-state index in [9.17, 15) is 0 Å². The van der Waals surface area contributed by atoms with Crippen LogP contribution in [0.1, 0.15) is 0 Å². The van der Waals surface area contributed by atoms with Gasteiger partial charge in [-0.1, -0.05) is 91.0 Å². The molecule has 0 unspecified atom stereocenters. The van der Waals surface area contributed by atoms with Crippen molar-refractivity contribution in [3.63, 3.8) is 0 Å². The highest BCUT2D eigenvalue weighted by Gasteiger charge is 2.28. The van der Waals surface area contributed by atoms with Gasteiger partial charge in [0.05, 0.1) is 13.7 Å². The molecule has 1 aromatic heterocycles. The molecule has 0 N–H and O–H groups in total. The van der Waals surface area contributed by atoms with Gasteiger partial charge in [0.2, 0.25) is 5.82 Å². The molecule has 0 radical (unpaired) electrons. The molecule has 5 nitrogen and oxygen atoms in total. The fourth-order valence-electron chi connectivity index (χ4n) is 3.40. The zero-order chi connectivity index (χ0) is 21.4. The lowest BCUT2D eigenvalue weighted by Crippen LogP contribution is -2.25. The summed E-state index contributed by atoms with van der Waals surface area (Å²) in [4.78, 5) is 8.95. The molecule has 4 rings (SSSR count). The van der Waals surface area contributed by atoms with Gasteiger partial charge in [-0.3, -0.25) is 0 Å². The maximum absolute atomic E-state index is 5.86. The standard InChI is InChI=1S/C25H24N3O2P/c1-29-19-20-30-25-24(26-17-18-27-25)28-31(21-11-5-2-6-12-21,22-13-7-3-8-14-22)23-15-9-4-10-16-23/h2-18H,19-20H2,1H3. The predicted molar refractivity (Wildman–Crippen MR) is 127 cm³/mol. The Kier molecular flexibility index (Phi) is 6.88. The second-order valence-corrected chi connectivity index (χ2v) is 9.79. The fourth-order valence-corrected chi connectivity index (χ4v) is 6.88. The summed E-state index contributed by atoms with van der Waals surface area (Å²) < 4.78 is 16.3. The first-order valence-corrected chi connectivity index (χ1v) is 11.8. The topological polar surface area (TPSA) is 56.6 Å². The molecule has 0 saturated carbocycles. The Bertz CT molecular complexity index is 1050. The van der Waals surface area contributed by atoms with Crippen LogP contribution in [0.4, 0.5) is 5.82 Å². The van der Waals surface area contributed by atoms with Crippen molar-refractivity contribution in [1.82, 2.24) is 9.97 Å². The number of ether oxygens (including phenoxy) is 2. The molecule has 4 aromatic rings. The average Bonchev–Trinajstić information content (AvgIpc) is 2.85. The molecule has 0 atom stereocenters. The van der Waals surface area contributed by atoms with Crippen LogP contribution in [-0.4, -0.2) is 30.3 Å². The number of benzene rings is 3. The molecular weight excluding hydrogens is 405 g/mol. The summed E-state index contributed by atoms with van der Waals surface area (Å²) in [5.41, 5.74) is 0. The number of methoxy groups -OCH3 is 1. The van der Waals surface area contributed by atoms with Gasteiger partial charge < -0.3 is 9.47 Å². The zero-order valence-corrected chi connectivity index (χ0v) is 18.2. The summed E-state index contributed by atoms with van der Waals surface area (Å²) in [7, 11) is -0.789. The van der Waals surface area contributed by atoms with Crippen molar-refractivity contribution in [3.8, 4) is 5.88 Å². The third-order valence-electron chi connectivity index (χ3n) is 4.81. The van der Waals surface area contributed by atoms with E-state index in [2.05, 4.69) is 82.8 Å². The van der Waals surface area contributed by atoms with E-state index in [0.29, 0.717) is 24.9 Å². The smallest absolute Gasteiger partial charge is 0.259 e. The van der Waals surface area contributed by atoms with E-state index in [1.54, 1.807) is 19.5 Å². The molecular formula is C25H24N3O2P. The van der Waals surface area contributed by atoms with Crippen LogP contribution in [0.15, 0.2) is 108 Å². The Morgan fingerprint density at radius 2 is 1.16 bits per heavy atom. The van der Waals surface area contributed by atoms with Crippen LogP contribution < -0.4 is 20.7 Å². The van der Waals surface area contributed by atoms with Crippen LogP contribution in [0, 0.1) is 0 Å². The third kappa shape index (κ3) is 4.58. The minimum Gasteiger partial charge on any atom is -0.473 e. The zero-order valence-electron chi connectivity index (χ0n) is 17.3. The van der Waals surface area contributed by atoms with Crippen LogP contribution in [0.5, 0.6) is 5.88 Å². The summed E-state index contributed by atoms with van der Waals surface area (Å²) in [5.74, 6) is 0.898. The molecule has 1 heterocycles. The van der Waals surface area contributed by atoms with Crippen molar-refractivity contribution in [3.05, 3.63) is 103 Å². The molecule has 0 spiro atoms.